The lowest BCUT2D eigenvalue weighted by Crippen LogP contribution is -2.17. The van der Waals surface area contributed by atoms with Crippen LogP contribution in [-0.2, 0) is 23.0 Å². The highest BCUT2D eigenvalue weighted by Gasteiger charge is 2.36. The largest absolute Gasteiger partial charge is 0.423 e. The zero-order valence-electron chi connectivity index (χ0n) is 24.1. The fourth-order valence-electron chi connectivity index (χ4n) is 5.41. The third-order valence-corrected chi connectivity index (χ3v) is 7.68. The second kappa shape index (κ2) is 11.9. The van der Waals surface area contributed by atoms with E-state index < -0.39 is 29.0 Å². The van der Waals surface area contributed by atoms with E-state index in [1.165, 1.54) is 24.3 Å². The second-order valence-electron chi connectivity index (χ2n) is 10.9. The van der Waals surface area contributed by atoms with Gasteiger partial charge in [0.25, 0.3) is 0 Å². The van der Waals surface area contributed by atoms with Gasteiger partial charge in [0, 0.05) is 12.5 Å². The zero-order chi connectivity index (χ0) is 30.0. The average molecular weight is 571 g/mol. The lowest BCUT2D eigenvalue weighted by Gasteiger charge is -2.22. The summed E-state index contributed by atoms with van der Waals surface area (Å²) in [6, 6.07) is 19.6. The van der Waals surface area contributed by atoms with Gasteiger partial charge in [-0.05, 0) is 94.8 Å². The third kappa shape index (κ3) is 5.70. The molecule has 0 fully saturated rings. The summed E-state index contributed by atoms with van der Waals surface area (Å²) in [6.07, 6.45) is 2.14. The van der Waals surface area contributed by atoms with Crippen LogP contribution in [0.25, 0.3) is 11.1 Å². The molecule has 4 aromatic carbocycles. The molecule has 0 spiro atoms. The van der Waals surface area contributed by atoms with E-state index in [-0.39, 0.29) is 16.9 Å². The number of ether oxygens (including phenoxy) is 3. The molecular weight excluding hydrogens is 538 g/mol. The minimum atomic E-state index is -0.789. The van der Waals surface area contributed by atoms with Gasteiger partial charge < -0.3 is 14.2 Å². The molecule has 0 saturated carbocycles. The Morgan fingerprint density at radius 3 is 1.60 bits per heavy atom. The number of halogens is 2. The summed E-state index contributed by atoms with van der Waals surface area (Å²) >= 11 is 0. The quantitative estimate of drug-likeness (QED) is 0.152. The number of aryl methyl sites for hydroxylation is 1. The first-order valence-corrected chi connectivity index (χ1v) is 13.9. The number of esters is 2. The van der Waals surface area contributed by atoms with E-state index in [1.807, 2.05) is 32.9 Å². The van der Waals surface area contributed by atoms with Crippen LogP contribution in [-0.4, -0.2) is 25.7 Å². The lowest BCUT2D eigenvalue weighted by atomic mass is 9.82. The highest BCUT2D eigenvalue weighted by atomic mass is 19.1. The standard InChI is InChI=1S/C35H32F2O5/c1-5-6-21-7-11-27(31(36)17-21)33(38)41-23-9-13-25-26-14-10-24(20-30(26)35(2,3)29(25)19-23)42-34(39)28-12-8-22(15-16-40-4)18-32(28)37/h7-14,17-20H,5-6,15-16H2,1-4H3. The normalized spacial score (nSPS) is 12.9. The Morgan fingerprint density at radius 1 is 0.690 bits per heavy atom. The Morgan fingerprint density at radius 2 is 1.17 bits per heavy atom. The van der Waals surface area contributed by atoms with Gasteiger partial charge in [-0.1, -0.05) is 51.5 Å². The highest BCUT2D eigenvalue weighted by Crippen LogP contribution is 2.50. The van der Waals surface area contributed by atoms with Crippen molar-refractivity contribution in [1.82, 2.24) is 0 Å². The van der Waals surface area contributed by atoms with Gasteiger partial charge in [0.2, 0.25) is 0 Å². The van der Waals surface area contributed by atoms with Crippen LogP contribution in [0.4, 0.5) is 8.78 Å². The van der Waals surface area contributed by atoms with Crippen molar-refractivity contribution in [3.8, 4) is 22.6 Å². The number of rotatable bonds is 9. The Bertz CT molecular complexity index is 1670. The maximum atomic E-state index is 14.7. The predicted molar refractivity (Wildman–Crippen MR) is 156 cm³/mol. The van der Waals surface area contributed by atoms with Crippen LogP contribution < -0.4 is 9.47 Å². The van der Waals surface area contributed by atoms with Crippen molar-refractivity contribution in [2.24, 2.45) is 0 Å². The Kier molecular flexibility index (Phi) is 8.23. The summed E-state index contributed by atoms with van der Waals surface area (Å²) in [4.78, 5) is 25.6. The molecule has 7 heteroatoms. The van der Waals surface area contributed by atoms with Crippen molar-refractivity contribution >= 4 is 11.9 Å². The lowest BCUT2D eigenvalue weighted by molar-refractivity contribution is 0.0720. The van der Waals surface area contributed by atoms with Gasteiger partial charge in [0.05, 0.1) is 17.7 Å². The summed E-state index contributed by atoms with van der Waals surface area (Å²) < 4.78 is 45.4. The first-order chi connectivity index (χ1) is 20.1. The maximum absolute atomic E-state index is 14.7. The van der Waals surface area contributed by atoms with E-state index in [2.05, 4.69) is 0 Å². The minimum Gasteiger partial charge on any atom is -0.423 e. The van der Waals surface area contributed by atoms with Gasteiger partial charge in [-0.3, -0.25) is 0 Å². The number of carbonyl (C=O) groups excluding carboxylic acids is 2. The molecule has 0 saturated heterocycles. The first-order valence-electron chi connectivity index (χ1n) is 13.9. The molecule has 0 heterocycles. The molecule has 42 heavy (non-hydrogen) atoms. The molecule has 0 aliphatic heterocycles. The van der Waals surface area contributed by atoms with Crippen LogP contribution in [0.3, 0.4) is 0 Å². The molecule has 0 bridgehead atoms. The number of hydrogen-bond acceptors (Lipinski definition) is 5. The summed E-state index contributed by atoms with van der Waals surface area (Å²) in [5.41, 5.74) is 4.45. The molecule has 1 aliphatic carbocycles. The van der Waals surface area contributed by atoms with Crippen LogP contribution in [0.15, 0.2) is 72.8 Å². The van der Waals surface area contributed by atoms with Crippen LogP contribution >= 0.6 is 0 Å². The van der Waals surface area contributed by atoms with Crippen LogP contribution in [0, 0.1) is 11.6 Å². The van der Waals surface area contributed by atoms with E-state index in [0.29, 0.717) is 18.8 Å². The van der Waals surface area contributed by atoms with Crippen molar-refractivity contribution in [3.05, 3.63) is 118 Å². The number of benzene rings is 4. The zero-order valence-corrected chi connectivity index (χ0v) is 24.1. The van der Waals surface area contributed by atoms with Crippen molar-refractivity contribution < 1.29 is 32.6 Å². The summed E-state index contributed by atoms with van der Waals surface area (Å²) in [6.45, 7) is 6.48. The molecule has 216 valence electrons. The van der Waals surface area contributed by atoms with Gasteiger partial charge in [0.15, 0.2) is 0 Å². The summed E-state index contributed by atoms with van der Waals surface area (Å²) in [5.74, 6) is -2.23. The number of hydrogen-bond donors (Lipinski definition) is 0. The number of fused-ring (bicyclic) bond motifs is 3. The molecule has 0 aromatic heterocycles. The van der Waals surface area contributed by atoms with Crippen LogP contribution in [0.5, 0.6) is 11.5 Å². The Hall–Kier alpha value is -4.36. The van der Waals surface area contributed by atoms with Gasteiger partial charge in [-0.2, -0.15) is 0 Å². The Balaban J connectivity index is 1.34. The molecule has 5 rings (SSSR count). The molecule has 0 atom stereocenters. The van der Waals surface area contributed by atoms with Gasteiger partial charge in [0.1, 0.15) is 23.1 Å². The topological polar surface area (TPSA) is 61.8 Å². The summed E-state index contributed by atoms with van der Waals surface area (Å²) in [7, 11) is 1.57. The van der Waals surface area contributed by atoms with Crippen molar-refractivity contribution in [2.45, 2.75) is 45.4 Å². The van der Waals surface area contributed by atoms with E-state index >= 15 is 0 Å². The molecule has 0 radical (unpaired) electrons. The predicted octanol–water partition coefficient (Wildman–Crippen LogP) is 7.85. The van der Waals surface area contributed by atoms with Gasteiger partial charge in [-0.25, -0.2) is 18.4 Å². The van der Waals surface area contributed by atoms with E-state index in [4.69, 9.17) is 14.2 Å². The van der Waals surface area contributed by atoms with Gasteiger partial charge in [-0.15, -0.1) is 0 Å². The SMILES string of the molecule is CCCc1ccc(C(=O)Oc2ccc3c(c2)C(C)(C)c2cc(OC(=O)c4ccc(CCOC)cc4F)ccc2-3)c(F)c1. The molecule has 4 aromatic rings. The van der Waals surface area contributed by atoms with E-state index in [9.17, 15) is 18.4 Å². The van der Waals surface area contributed by atoms with Crippen LogP contribution in [0.2, 0.25) is 0 Å². The fourth-order valence-corrected chi connectivity index (χ4v) is 5.41. The van der Waals surface area contributed by atoms with E-state index in [0.717, 1.165) is 46.2 Å². The molecule has 0 unspecified atom stereocenters. The van der Waals surface area contributed by atoms with Crippen LogP contribution in [0.1, 0.15) is 70.2 Å². The first kappa shape index (κ1) is 29.1. The maximum Gasteiger partial charge on any atom is 0.346 e. The minimum absolute atomic E-state index is 0.120. The highest BCUT2D eigenvalue weighted by molar-refractivity contribution is 5.93. The molecule has 5 nitrogen and oxygen atoms in total. The molecule has 0 amide bonds. The monoisotopic (exact) mass is 570 g/mol. The average Bonchev–Trinajstić information content (AvgIpc) is 3.17. The van der Waals surface area contributed by atoms with Crippen molar-refractivity contribution in [3.63, 3.8) is 0 Å². The Labute approximate surface area is 244 Å². The molecular formula is C35H32F2O5. The number of methoxy groups -OCH3 is 1. The fraction of sp³-hybridized carbons (Fsp3) is 0.257. The van der Waals surface area contributed by atoms with Gasteiger partial charge >= 0.3 is 11.9 Å². The smallest absolute Gasteiger partial charge is 0.346 e. The molecule has 0 N–H and O–H groups in total. The second-order valence-corrected chi connectivity index (χ2v) is 10.9. The number of carbonyl (C=O) groups is 2. The molecule has 1 aliphatic rings. The van der Waals surface area contributed by atoms with Crippen molar-refractivity contribution in [1.29, 1.82) is 0 Å². The van der Waals surface area contributed by atoms with E-state index in [1.54, 1.807) is 43.5 Å². The summed E-state index contributed by atoms with van der Waals surface area (Å²) in [5, 5.41) is 0. The van der Waals surface area contributed by atoms with Crippen molar-refractivity contribution in [2.75, 3.05) is 13.7 Å². The third-order valence-electron chi connectivity index (χ3n) is 7.68.